The molecule has 0 aliphatic carbocycles. The van der Waals surface area contributed by atoms with E-state index in [0.717, 1.165) is 0 Å². The first-order valence-corrected chi connectivity index (χ1v) is 11.3. The number of sulfone groups is 1. The summed E-state index contributed by atoms with van der Waals surface area (Å²) in [6, 6.07) is 14.8. The Hall–Kier alpha value is -1.41. The first kappa shape index (κ1) is 18.4. The quantitative estimate of drug-likeness (QED) is 0.775. The highest BCUT2D eigenvalue weighted by Gasteiger charge is 2.38. The number of hydrogen-bond acceptors (Lipinski definition) is 4. The molecule has 8 heteroatoms. The number of hydrogen-bond donors (Lipinski definition) is 0. The standard InChI is InChI=1S/C17H18ClNO4S2/c18-15-6-4-5-14(11-15)13-24(20,21)19-10-9-17(12-19)25(22,23)16-7-2-1-3-8-16/h1-8,11,17H,9-10,12-13H2/t17-/m1/s1. The molecule has 0 N–H and O–H groups in total. The summed E-state index contributed by atoms with van der Waals surface area (Å²) in [6.45, 7) is 0.194. The second-order valence-electron chi connectivity index (χ2n) is 6.01. The van der Waals surface area contributed by atoms with Crippen LogP contribution in [-0.2, 0) is 25.6 Å². The molecule has 2 aromatic rings. The third kappa shape index (κ3) is 4.06. The Morgan fingerprint density at radius 3 is 2.40 bits per heavy atom. The maximum atomic E-state index is 12.7. The van der Waals surface area contributed by atoms with Crippen molar-refractivity contribution < 1.29 is 16.8 Å². The summed E-state index contributed by atoms with van der Waals surface area (Å²) in [4.78, 5) is 0.231. The molecule has 1 heterocycles. The summed E-state index contributed by atoms with van der Waals surface area (Å²) < 4.78 is 51.8. The first-order chi connectivity index (χ1) is 11.8. The zero-order valence-electron chi connectivity index (χ0n) is 13.4. The van der Waals surface area contributed by atoms with E-state index in [1.54, 1.807) is 54.6 Å². The third-order valence-electron chi connectivity index (χ3n) is 4.25. The molecule has 0 aromatic heterocycles. The van der Waals surface area contributed by atoms with Crippen molar-refractivity contribution in [2.24, 2.45) is 0 Å². The van der Waals surface area contributed by atoms with Crippen molar-refractivity contribution in [1.82, 2.24) is 4.31 Å². The summed E-state index contributed by atoms with van der Waals surface area (Å²) in [5.41, 5.74) is 0.585. The van der Waals surface area contributed by atoms with Gasteiger partial charge in [-0.15, -0.1) is 0 Å². The van der Waals surface area contributed by atoms with Gasteiger partial charge in [0.2, 0.25) is 10.0 Å². The molecule has 1 saturated heterocycles. The minimum atomic E-state index is -3.59. The first-order valence-electron chi connectivity index (χ1n) is 7.80. The molecule has 0 bridgehead atoms. The van der Waals surface area contributed by atoms with Crippen molar-refractivity contribution in [3.8, 4) is 0 Å². The highest BCUT2D eigenvalue weighted by Crippen LogP contribution is 2.27. The molecule has 0 spiro atoms. The molecule has 1 aliphatic heterocycles. The van der Waals surface area contributed by atoms with Gasteiger partial charge in [0.1, 0.15) is 0 Å². The molecule has 1 fully saturated rings. The molecule has 2 aromatic carbocycles. The van der Waals surface area contributed by atoms with Crippen LogP contribution < -0.4 is 0 Å². The number of rotatable bonds is 5. The highest BCUT2D eigenvalue weighted by atomic mass is 35.5. The molecule has 5 nitrogen and oxygen atoms in total. The number of halogens is 1. The van der Waals surface area contributed by atoms with Gasteiger partial charge < -0.3 is 0 Å². The molecule has 1 aliphatic rings. The molecule has 0 radical (unpaired) electrons. The summed E-state index contributed by atoms with van der Waals surface area (Å²) in [5, 5.41) is -0.248. The maximum Gasteiger partial charge on any atom is 0.218 e. The Kier molecular flexibility index (Phi) is 5.20. The van der Waals surface area contributed by atoms with E-state index in [9.17, 15) is 16.8 Å². The van der Waals surface area contributed by atoms with Crippen LogP contribution in [-0.4, -0.2) is 39.5 Å². The van der Waals surface area contributed by atoms with Crippen LogP contribution >= 0.6 is 11.6 Å². The van der Waals surface area contributed by atoms with Gasteiger partial charge in [-0.2, -0.15) is 0 Å². The van der Waals surface area contributed by atoms with Crippen molar-refractivity contribution in [1.29, 1.82) is 0 Å². The number of sulfonamides is 1. The summed E-state index contributed by atoms with van der Waals surface area (Å²) >= 11 is 5.90. The lowest BCUT2D eigenvalue weighted by Gasteiger charge is -2.17. The zero-order chi connectivity index (χ0) is 18.1. The van der Waals surface area contributed by atoms with Crippen LogP contribution in [0.4, 0.5) is 0 Å². The van der Waals surface area contributed by atoms with Crippen LogP contribution in [0.1, 0.15) is 12.0 Å². The monoisotopic (exact) mass is 399 g/mol. The van der Waals surface area contributed by atoms with Crippen LogP contribution in [0.25, 0.3) is 0 Å². The Balaban J connectivity index is 1.76. The lowest BCUT2D eigenvalue weighted by atomic mass is 10.2. The molecule has 0 saturated carbocycles. The smallest absolute Gasteiger partial charge is 0.218 e. The van der Waals surface area contributed by atoms with Gasteiger partial charge in [0.25, 0.3) is 0 Å². The van der Waals surface area contributed by atoms with E-state index >= 15 is 0 Å². The van der Waals surface area contributed by atoms with Crippen molar-refractivity contribution in [3.05, 3.63) is 65.2 Å². The fourth-order valence-corrected chi connectivity index (χ4v) is 6.53. The van der Waals surface area contributed by atoms with E-state index in [0.29, 0.717) is 17.0 Å². The predicted molar refractivity (Wildman–Crippen MR) is 97.7 cm³/mol. The van der Waals surface area contributed by atoms with Crippen molar-refractivity contribution in [2.75, 3.05) is 13.1 Å². The second kappa shape index (κ2) is 7.07. The topological polar surface area (TPSA) is 71.5 Å². The van der Waals surface area contributed by atoms with Gasteiger partial charge in [0.15, 0.2) is 9.84 Å². The molecular formula is C17H18ClNO4S2. The highest BCUT2D eigenvalue weighted by molar-refractivity contribution is 7.92. The molecule has 0 amide bonds. The summed E-state index contributed by atoms with van der Waals surface area (Å²) in [5.74, 6) is -0.189. The Labute approximate surface area is 153 Å². The lowest BCUT2D eigenvalue weighted by Crippen LogP contribution is -2.32. The maximum absolute atomic E-state index is 12.7. The zero-order valence-corrected chi connectivity index (χ0v) is 15.8. The number of benzene rings is 2. The minimum absolute atomic E-state index is 0.0138. The van der Waals surface area contributed by atoms with Crippen molar-refractivity contribution >= 4 is 31.5 Å². The van der Waals surface area contributed by atoms with Gasteiger partial charge in [0, 0.05) is 18.1 Å². The van der Waals surface area contributed by atoms with E-state index in [1.807, 2.05) is 0 Å². The van der Waals surface area contributed by atoms with Gasteiger partial charge in [-0.25, -0.2) is 21.1 Å². The number of nitrogens with zero attached hydrogens (tertiary/aromatic N) is 1. The van der Waals surface area contributed by atoms with Gasteiger partial charge in [0.05, 0.1) is 15.9 Å². The third-order valence-corrected chi connectivity index (χ3v) is 8.49. The molecule has 1 atom stereocenters. The van der Waals surface area contributed by atoms with E-state index in [1.165, 1.54) is 4.31 Å². The normalized spacial score (nSPS) is 19.2. The van der Waals surface area contributed by atoms with E-state index in [4.69, 9.17) is 11.6 Å². The predicted octanol–water partition coefficient (Wildman–Crippen LogP) is 2.72. The lowest BCUT2D eigenvalue weighted by molar-refractivity contribution is 0.475. The minimum Gasteiger partial charge on any atom is -0.223 e. The van der Waals surface area contributed by atoms with Crippen molar-refractivity contribution in [2.45, 2.75) is 22.3 Å². The van der Waals surface area contributed by atoms with Crippen LogP contribution in [0.15, 0.2) is 59.5 Å². The molecule has 25 heavy (non-hydrogen) atoms. The average Bonchev–Trinajstić information content (AvgIpc) is 3.07. The Bertz CT molecular complexity index is 959. The Morgan fingerprint density at radius 1 is 1.00 bits per heavy atom. The van der Waals surface area contributed by atoms with E-state index in [2.05, 4.69) is 0 Å². The van der Waals surface area contributed by atoms with Gasteiger partial charge in [-0.05, 0) is 36.2 Å². The fraction of sp³-hybridized carbons (Fsp3) is 0.294. The van der Waals surface area contributed by atoms with Gasteiger partial charge in [-0.3, -0.25) is 0 Å². The molecule has 3 rings (SSSR count). The molecule has 0 unspecified atom stereocenters. The van der Waals surface area contributed by atoms with E-state index < -0.39 is 25.1 Å². The largest absolute Gasteiger partial charge is 0.223 e. The van der Waals surface area contributed by atoms with Crippen LogP contribution in [0.5, 0.6) is 0 Å². The van der Waals surface area contributed by atoms with Crippen LogP contribution in [0.2, 0.25) is 5.02 Å². The fourth-order valence-electron chi connectivity index (χ4n) is 2.93. The summed E-state index contributed by atoms with van der Waals surface area (Å²) in [6.07, 6.45) is 0.298. The second-order valence-corrected chi connectivity index (χ2v) is 10.6. The molecular weight excluding hydrogens is 382 g/mol. The Morgan fingerprint density at radius 2 is 1.72 bits per heavy atom. The molecule has 134 valence electrons. The van der Waals surface area contributed by atoms with Gasteiger partial charge >= 0.3 is 0 Å². The van der Waals surface area contributed by atoms with Crippen LogP contribution in [0, 0.1) is 0 Å². The van der Waals surface area contributed by atoms with Gasteiger partial charge in [-0.1, -0.05) is 41.9 Å². The SMILES string of the molecule is O=S(=O)(c1ccccc1)[C@@H]1CCN(S(=O)(=O)Cc2cccc(Cl)c2)C1. The van der Waals surface area contributed by atoms with Crippen LogP contribution in [0.3, 0.4) is 0 Å². The summed E-state index contributed by atoms with van der Waals surface area (Å²) in [7, 11) is -7.13. The van der Waals surface area contributed by atoms with Crippen molar-refractivity contribution in [3.63, 3.8) is 0 Å². The average molecular weight is 400 g/mol. The van der Waals surface area contributed by atoms with E-state index in [-0.39, 0.29) is 23.7 Å².